The molecule has 0 radical (unpaired) electrons. The lowest BCUT2D eigenvalue weighted by Gasteiger charge is -2.20. The van der Waals surface area contributed by atoms with Crippen LogP contribution >= 0.6 is 11.3 Å². The predicted molar refractivity (Wildman–Crippen MR) is 114 cm³/mol. The highest BCUT2D eigenvalue weighted by Crippen LogP contribution is 2.31. The van der Waals surface area contributed by atoms with Gasteiger partial charge < -0.3 is 4.74 Å². The zero-order chi connectivity index (χ0) is 24.1. The quantitative estimate of drug-likeness (QED) is 0.370. The largest absolute Gasteiger partial charge is 0.501 e. The molecule has 0 aliphatic rings. The van der Waals surface area contributed by atoms with Crippen molar-refractivity contribution < 1.29 is 35.9 Å². The molecule has 32 heavy (non-hydrogen) atoms. The Morgan fingerprint density at radius 3 is 2.28 bits per heavy atom. The minimum absolute atomic E-state index is 0.00633. The maximum absolute atomic E-state index is 13.1. The lowest BCUT2D eigenvalue weighted by molar-refractivity contribution is -0.0436. The molecule has 1 amide bonds. The molecule has 0 saturated heterocycles. The Morgan fingerprint density at radius 1 is 1.12 bits per heavy atom. The van der Waals surface area contributed by atoms with Crippen LogP contribution < -0.4 is 4.90 Å². The molecule has 12 heteroatoms. The monoisotopic (exact) mass is 492 g/mol. The summed E-state index contributed by atoms with van der Waals surface area (Å²) in [7, 11) is -5.51. The lowest BCUT2D eigenvalue weighted by atomic mass is 10.2. The Hall–Kier alpha value is -2.47. The van der Waals surface area contributed by atoms with E-state index in [4.69, 9.17) is 4.74 Å². The topological polar surface area (TPSA) is 93.6 Å². The van der Waals surface area contributed by atoms with E-state index in [1.807, 2.05) is 6.92 Å². The van der Waals surface area contributed by atoms with Crippen molar-refractivity contribution in [2.45, 2.75) is 50.4 Å². The number of hydrogen-bond acceptors (Lipinski definition) is 7. The van der Waals surface area contributed by atoms with Gasteiger partial charge in [0.2, 0.25) is 0 Å². The minimum Gasteiger partial charge on any atom is -0.462 e. The average molecular weight is 493 g/mol. The molecule has 0 aliphatic carbocycles. The molecule has 1 heterocycles. The van der Waals surface area contributed by atoms with Crippen LogP contribution in [0.2, 0.25) is 0 Å². The molecule has 0 unspecified atom stereocenters. The summed E-state index contributed by atoms with van der Waals surface area (Å²) in [5.74, 6) is -1.13. The molecule has 2 aromatic rings. The van der Waals surface area contributed by atoms with Crippen molar-refractivity contribution in [3.8, 4) is 0 Å². The highest BCUT2D eigenvalue weighted by Gasteiger charge is 2.46. The number of aryl methyl sites for hydroxylation is 1. The Balaban J connectivity index is 2.38. The van der Waals surface area contributed by atoms with Crippen LogP contribution in [0.1, 0.15) is 58.8 Å². The number of anilines is 1. The molecule has 0 bridgehead atoms. The van der Waals surface area contributed by atoms with Crippen molar-refractivity contribution in [2.24, 2.45) is 0 Å². The molecule has 176 valence electrons. The summed E-state index contributed by atoms with van der Waals surface area (Å²) in [6.45, 7) is 5.71. The number of alkyl halides is 3. The number of esters is 1. The molecule has 0 aliphatic heterocycles. The van der Waals surface area contributed by atoms with Crippen LogP contribution in [0.25, 0.3) is 0 Å². The van der Waals surface area contributed by atoms with Gasteiger partial charge in [-0.15, -0.1) is 0 Å². The van der Waals surface area contributed by atoms with Gasteiger partial charge in [0.15, 0.2) is 5.13 Å². The summed E-state index contributed by atoms with van der Waals surface area (Å²) >= 11 is 0.982. The number of benzene rings is 1. The number of rotatable bonds is 9. The zero-order valence-electron chi connectivity index (χ0n) is 17.7. The van der Waals surface area contributed by atoms with Gasteiger partial charge in [0.05, 0.1) is 17.2 Å². The van der Waals surface area contributed by atoms with E-state index in [9.17, 15) is 31.2 Å². The number of amides is 1. The van der Waals surface area contributed by atoms with Gasteiger partial charge in [-0.1, -0.05) is 31.1 Å². The normalized spacial score (nSPS) is 11.9. The first kappa shape index (κ1) is 25.8. The van der Waals surface area contributed by atoms with Gasteiger partial charge in [-0.3, -0.25) is 9.69 Å². The maximum atomic E-state index is 13.1. The lowest BCUT2D eigenvalue weighted by Crippen LogP contribution is -2.32. The number of hydrogen-bond donors (Lipinski definition) is 0. The molecule has 0 atom stereocenters. The molecule has 1 aromatic heterocycles. The molecule has 7 nitrogen and oxygen atoms in total. The standard InChI is InChI=1S/C20H23F3N2O5S2/c1-4-6-7-12-25(19-24-13(3)16(31-19)18(27)30-5-2)17(26)14-8-10-15(11-9-14)32(28,29)20(21,22)23/h8-11H,4-7,12H2,1-3H3. The summed E-state index contributed by atoms with van der Waals surface area (Å²) in [6.07, 6.45) is 2.34. The highest BCUT2D eigenvalue weighted by atomic mass is 32.2. The molecule has 0 saturated carbocycles. The van der Waals surface area contributed by atoms with E-state index in [2.05, 4.69) is 4.98 Å². The first-order valence-corrected chi connectivity index (χ1v) is 12.1. The Labute approximate surface area is 188 Å². The predicted octanol–water partition coefficient (Wildman–Crippen LogP) is 4.76. The maximum Gasteiger partial charge on any atom is 0.501 e. The van der Waals surface area contributed by atoms with Crippen molar-refractivity contribution in [2.75, 3.05) is 18.1 Å². The van der Waals surface area contributed by atoms with E-state index in [0.717, 1.165) is 48.4 Å². The first-order chi connectivity index (χ1) is 14.9. The van der Waals surface area contributed by atoms with Gasteiger partial charge in [0.25, 0.3) is 15.7 Å². The van der Waals surface area contributed by atoms with Crippen molar-refractivity contribution in [3.63, 3.8) is 0 Å². The number of thiazole rings is 1. The summed E-state index contributed by atoms with van der Waals surface area (Å²) in [4.78, 5) is 30.2. The molecular formula is C20H23F3N2O5S2. The van der Waals surface area contributed by atoms with Crippen LogP contribution in [0.3, 0.4) is 0 Å². The Morgan fingerprint density at radius 2 is 1.75 bits per heavy atom. The fourth-order valence-corrected chi connectivity index (χ4v) is 4.50. The van der Waals surface area contributed by atoms with Crippen LogP contribution in [-0.4, -0.2) is 43.9 Å². The van der Waals surface area contributed by atoms with E-state index < -0.39 is 32.1 Å². The van der Waals surface area contributed by atoms with E-state index in [0.29, 0.717) is 12.1 Å². The van der Waals surface area contributed by atoms with Crippen LogP contribution in [-0.2, 0) is 14.6 Å². The number of carbonyl (C=O) groups is 2. The minimum atomic E-state index is -5.51. The van der Waals surface area contributed by atoms with Crippen LogP contribution in [0.5, 0.6) is 0 Å². The van der Waals surface area contributed by atoms with Gasteiger partial charge in [-0.25, -0.2) is 18.2 Å². The smallest absolute Gasteiger partial charge is 0.462 e. The molecule has 2 rings (SSSR count). The van der Waals surface area contributed by atoms with E-state index in [1.165, 1.54) is 4.90 Å². The van der Waals surface area contributed by atoms with Crippen LogP contribution in [0.15, 0.2) is 29.2 Å². The molecule has 0 fully saturated rings. The first-order valence-electron chi connectivity index (χ1n) is 9.81. The highest BCUT2D eigenvalue weighted by molar-refractivity contribution is 7.92. The number of halogens is 3. The van der Waals surface area contributed by atoms with E-state index >= 15 is 0 Å². The SMILES string of the molecule is CCCCCN(C(=O)c1ccc(S(=O)(=O)C(F)(F)F)cc1)c1nc(C)c(C(=O)OCC)s1. The Bertz CT molecular complexity index is 1060. The number of ether oxygens (including phenoxy) is 1. The third kappa shape index (κ3) is 5.66. The zero-order valence-corrected chi connectivity index (χ0v) is 19.4. The third-order valence-electron chi connectivity index (χ3n) is 4.42. The van der Waals surface area contributed by atoms with Crippen molar-refractivity contribution in [3.05, 3.63) is 40.4 Å². The summed E-state index contributed by atoms with van der Waals surface area (Å²) in [6, 6.07) is 3.55. The summed E-state index contributed by atoms with van der Waals surface area (Å²) in [5.41, 5.74) is -5.05. The number of nitrogens with zero attached hydrogens (tertiary/aromatic N) is 2. The second-order valence-electron chi connectivity index (χ2n) is 6.77. The van der Waals surface area contributed by atoms with E-state index in [-0.39, 0.29) is 28.7 Å². The van der Waals surface area contributed by atoms with Crippen LogP contribution in [0.4, 0.5) is 18.3 Å². The second-order valence-corrected chi connectivity index (χ2v) is 9.69. The molecule has 0 spiro atoms. The van der Waals surface area contributed by atoms with E-state index in [1.54, 1.807) is 13.8 Å². The van der Waals surface area contributed by atoms with Crippen molar-refractivity contribution in [1.82, 2.24) is 4.98 Å². The average Bonchev–Trinajstić information content (AvgIpc) is 3.11. The fourth-order valence-electron chi connectivity index (χ4n) is 2.75. The summed E-state index contributed by atoms with van der Waals surface area (Å²) < 4.78 is 66.4. The Kier molecular flexibility index (Phi) is 8.41. The molecular weight excluding hydrogens is 469 g/mol. The van der Waals surface area contributed by atoms with Gasteiger partial charge in [0, 0.05) is 12.1 Å². The number of aromatic nitrogens is 1. The number of unbranched alkanes of at least 4 members (excludes halogenated alkanes) is 2. The van der Waals surface area contributed by atoms with Crippen molar-refractivity contribution >= 4 is 38.2 Å². The molecule has 1 aromatic carbocycles. The van der Waals surface area contributed by atoms with Crippen molar-refractivity contribution in [1.29, 1.82) is 0 Å². The van der Waals surface area contributed by atoms with Gasteiger partial charge >= 0.3 is 11.5 Å². The third-order valence-corrected chi connectivity index (χ3v) is 7.09. The molecule has 0 N–H and O–H groups in total. The van der Waals surface area contributed by atoms with Gasteiger partial charge in [-0.05, 0) is 44.5 Å². The second kappa shape index (κ2) is 10.4. The fraction of sp³-hybridized carbons (Fsp3) is 0.450. The summed E-state index contributed by atoms with van der Waals surface area (Å²) in [5, 5.41) is 0.249. The number of sulfone groups is 1. The van der Waals surface area contributed by atoms with Crippen LogP contribution in [0, 0.1) is 6.92 Å². The van der Waals surface area contributed by atoms with Gasteiger partial charge in [-0.2, -0.15) is 13.2 Å². The van der Waals surface area contributed by atoms with Gasteiger partial charge in [0.1, 0.15) is 4.88 Å². The number of carbonyl (C=O) groups excluding carboxylic acids is 2.